The van der Waals surface area contributed by atoms with Crippen molar-refractivity contribution in [2.24, 2.45) is 4.99 Å². The number of hydrogen-bond acceptors (Lipinski definition) is 3. The van der Waals surface area contributed by atoms with Crippen LogP contribution in [0.1, 0.15) is 29.6 Å². The molecule has 2 rings (SSSR count). The number of thiazole rings is 1. The van der Waals surface area contributed by atoms with Gasteiger partial charge in [-0.25, -0.2) is 9.37 Å². The molecular weight excluding hydrogens is 391 g/mol. The molecule has 130 valence electrons. The van der Waals surface area contributed by atoms with E-state index >= 15 is 0 Å². The van der Waals surface area contributed by atoms with Gasteiger partial charge in [0.1, 0.15) is 5.82 Å². The Labute approximate surface area is 154 Å². The van der Waals surface area contributed by atoms with Gasteiger partial charge >= 0.3 is 0 Å². The van der Waals surface area contributed by atoms with Crippen LogP contribution < -0.4 is 10.6 Å². The van der Waals surface area contributed by atoms with Gasteiger partial charge in [0.2, 0.25) is 0 Å². The molecule has 0 aliphatic carbocycles. The maximum Gasteiger partial charge on any atom is 0.191 e. The molecule has 24 heavy (non-hydrogen) atoms. The van der Waals surface area contributed by atoms with Crippen molar-refractivity contribution in [1.29, 1.82) is 0 Å². The van der Waals surface area contributed by atoms with Crippen LogP contribution in [-0.2, 0) is 19.4 Å². The molecule has 0 aliphatic rings. The van der Waals surface area contributed by atoms with E-state index in [-0.39, 0.29) is 5.82 Å². The third-order valence-electron chi connectivity index (χ3n) is 3.49. The molecule has 1 aromatic heterocycles. The maximum absolute atomic E-state index is 13.7. The molecule has 0 radical (unpaired) electrons. The van der Waals surface area contributed by atoms with Gasteiger partial charge in [-0.3, -0.25) is 4.99 Å². The molecule has 1 aromatic carbocycles. The van der Waals surface area contributed by atoms with Crippen molar-refractivity contribution < 1.29 is 4.39 Å². The smallest absolute Gasteiger partial charge is 0.191 e. The second-order valence-corrected chi connectivity index (χ2v) is 7.14. The van der Waals surface area contributed by atoms with E-state index in [4.69, 9.17) is 0 Å². The Hall–Kier alpha value is -1.47. The fourth-order valence-electron chi connectivity index (χ4n) is 2.20. The van der Waals surface area contributed by atoms with Gasteiger partial charge < -0.3 is 10.6 Å². The molecule has 0 spiro atoms. The van der Waals surface area contributed by atoms with Gasteiger partial charge in [-0.1, -0.05) is 28.9 Å². The molecule has 0 aliphatic heterocycles. The highest BCUT2D eigenvalue weighted by atomic mass is 79.9. The molecule has 0 amide bonds. The lowest BCUT2D eigenvalue weighted by Gasteiger charge is -2.11. The summed E-state index contributed by atoms with van der Waals surface area (Å²) in [6.07, 6.45) is 2.48. The zero-order valence-corrected chi connectivity index (χ0v) is 16.3. The summed E-state index contributed by atoms with van der Waals surface area (Å²) in [6, 6.07) is 5.19. The minimum absolute atomic E-state index is 0.165. The van der Waals surface area contributed by atoms with E-state index in [0.717, 1.165) is 46.1 Å². The summed E-state index contributed by atoms with van der Waals surface area (Å²) in [5.41, 5.74) is 1.76. The van der Waals surface area contributed by atoms with Crippen molar-refractivity contribution in [2.75, 3.05) is 13.6 Å². The first-order chi connectivity index (χ1) is 11.6. The van der Waals surface area contributed by atoms with Crippen molar-refractivity contribution in [3.05, 3.63) is 50.1 Å². The number of rotatable bonds is 7. The standard InChI is InChI=1S/C17H22BrFN4S/c1-3-16-23-14(11-24-16)10-22-17(20-2)21-8-4-5-12-6-7-13(18)9-15(12)19/h6-7,9,11H,3-5,8,10H2,1-2H3,(H2,20,21,22). The van der Waals surface area contributed by atoms with Crippen LogP contribution in [0.2, 0.25) is 0 Å². The number of halogens is 2. The number of aryl methyl sites for hydroxylation is 2. The van der Waals surface area contributed by atoms with Crippen molar-refractivity contribution in [3.8, 4) is 0 Å². The molecule has 2 aromatic rings. The Morgan fingerprint density at radius 2 is 2.21 bits per heavy atom. The van der Waals surface area contributed by atoms with Gasteiger partial charge in [0.25, 0.3) is 0 Å². The predicted molar refractivity (Wildman–Crippen MR) is 102 cm³/mol. The summed E-state index contributed by atoms with van der Waals surface area (Å²) < 4.78 is 14.5. The highest BCUT2D eigenvalue weighted by Crippen LogP contribution is 2.16. The van der Waals surface area contributed by atoms with E-state index in [1.165, 1.54) is 6.07 Å². The number of nitrogens with one attached hydrogen (secondary N) is 2. The Morgan fingerprint density at radius 3 is 2.88 bits per heavy atom. The monoisotopic (exact) mass is 412 g/mol. The molecule has 1 heterocycles. The Balaban J connectivity index is 1.71. The van der Waals surface area contributed by atoms with Crippen LogP contribution in [0, 0.1) is 5.82 Å². The molecular formula is C17H22BrFN4S. The molecule has 7 heteroatoms. The number of benzene rings is 1. The van der Waals surface area contributed by atoms with Crippen molar-refractivity contribution in [3.63, 3.8) is 0 Å². The summed E-state index contributed by atoms with van der Waals surface area (Å²) in [5, 5.41) is 9.70. The van der Waals surface area contributed by atoms with Crippen LogP contribution in [-0.4, -0.2) is 24.5 Å². The average Bonchev–Trinajstić information content (AvgIpc) is 3.04. The van der Waals surface area contributed by atoms with Crippen LogP contribution in [0.3, 0.4) is 0 Å². The van der Waals surface area contributed by atoms with Gasteiger partial charge in [0.15, 0.2) is 5.96 Å². The number of aliphatic imine (C=N–C) groups is 1. The lowest BCUT2D eigenvalue weighted by atomic mass is 10.1. The molecule has 0 unspecified atom stereocenters. The summed E-state index contributed by atoms with van der Waals surface area (Å²) in [5.74, 6) is 0.569. The van der Waals surface area contributed by atoms with Crippen LogP contribution >= 0.6 is 27.3 Å². The van der Waals surface area contributed by atoms with Crippen molar-refractivity contribution in [1.82, 2.24) is 15.6 Å². The third kappa shape index (κ3) is 5.87. The van der Waals surface area contributed by atoms with Crippen LogP contribution in [0.5, 0.6) is 0 Å². The first-order valence-corrected chi connectivity index (χ1v) is 9.61. The van der Waals surface area contributed by atoms with Gasteiger partial charge in [-0.2, -0.15) is 0 Å². The maximum atomic E-state index is 13.7. The summed E-state index contributed by atoms with van der Waals surface area (Å²) in [7, 11) is 1.74. The topological polar surface area (TPSA) is 49.3 Å². The number of aromatic nitrogens is 1. The molecule has 4 nitrogen and oxygen atoms in total. The van der Waals surface area contributed by atoms with E-state index in [1.54, 1.807) is 18.4 Å². The largest absolute Gasteiger partial charge is 0.356 e. The first kappa shape index (κ1) is 18.9. The van der Waals surface area contributed by atoms with Crippen LogP contribution in [0.15, 0.2) is 33.0 Å². The van der Waals surface area contributed by atoms with Crippen LogP contribution in [0.25, 0.3) is 0 Å². The normalized spacial score (nSPS) is 11.6. The predicted octanol–water partition coefficient (Wildman–Crippen LogP) is 3.90. The van der Waals surface area contributed by atoms with Crippen LogP contribution in [0.4, 0.5) is 4.39 Å². The summed E-state index contributed by atoms with van der Waals surface area (Å²) >= 11 is 4.95. The molecule has 0 fully saturated rings. The third-order valence-corrected chi connectivity index (χ3v) is 5.03. The quantitative estimate of drug-likeness (QED) is 0.411. The fourth-order valence-corrected chi connectivity index (χ4v) is 3.28. The summed E-state index contributed by atoms with van der Waals surface area (Å²) in [4.78, 5) is 8.71. The van der Waals surface area contributed by atoms with Gasteiger partial charge in [-0.15, -0.1) is 11.3 Å². The zero-order valence-electron chi connectivity index (χ0n) is 13.9. The van der Waals surface area contributed by atoms with E-state index in [0.29, 0.717) is 13.0 Å². The zero-order chi connectivity index (χ0) is 17.4. The van der Waals surface area contributed by atoms with E-state index in [2.05, 4.69) is 48.8 Å². The molecule has 0 atom stereocenters. The fraction of sp³-hybridized carbons (Fsp3) is 0.412. The van der Waals surface area contributed by atoms with Gasteiger partial charge in [0.05, 0.1) is 17.2 Å². The van der Waals surface area contributed by atoms with E-state index in [1.807, 2.05) is 12.1 Å². The van der Waals surface area contributed by atoms with Gasteiger partial charge in [-0.05, 0) is 37.0 Å². The minimum atomic E-state index is -0.165. The second kappa shape index (κ2) is 9.74. The minimum Gasteiger partial charge on any atom is -0.356 e. The van der Waals surface area contributed by atoms with Crippen molar-refractivity contribution >= 4 is 33.2 Å². The number of hydrogen-bond donors (Lipinski definition) is 2. The number of guanidine groups is 1. The van der Waals surface area contributed by atoms with E-state index in [9.17, 15) is 4.39 Å². The average molecular weight is 413 g/mol. The SMILES string of the molecule is CCc1nc(CNC(=NC)NCCCc2ccc(Br)cc2F)cs1. The Morgan fingerprint density at radius 1 is 1.38 bits per heavy atom. The lowest BCUT2D eigenvalue weighted by Crippen LogP contribution is -2.37. The summed E-state index contributed by atoms with van der Waals surface area (Å²) in [6.45, 7) is 3.48. The molecule has 2 N–H and O–H groups in total. The first-order valence-electron chi connectivity index (χ1n) is 7.94. The Kier molecular flexibility index (Phi) is 7.65. The van der Waals surface area contributed by atoms with Crippen molar-refractivity contribution in [2.45, 2.75) is 32.7 Å². The second-order valence-electron chi connectivity index (χ2n) is 5.28. The van der Waals surface area contributed by atoms with Gasteiger partial charge in [0, 0.05) is 23.4 Å². The van der Waals surface area contributed by atoms with E-state index < -0.39 is 0 Å². The molecule has 0 saturated heterocycles. The highest BCUT2D eigenvalue weighted by Gasteiger charge is 2.04. The highest BCUT2D eigenvalue weighted by molar-refractivity contribution is 9.10. The number of nitrogens with zero attached hydrogens (tertiary/aromatic N) is 2. The Bertz CT molecular complexity index is 687. The lowest BCUT2D eigenvalue weighted by molar-refractivity contribution is 0.601. The molecule has 0 saturated carbocycles. The molecule has 0 bridgehead atoms.